The lowest BCUT2D eigenvalue weighted by molar-refractivity contribution is -0.147. The summed E-state index contributed by atoms with van der Waals surface area (Å²) in [7, 11) is 0. The molecule has 0 fully saturated rings. The van der Waals surface area contributed by atoms with Gasteiger partial charge < -0.3 is 10.0 Å². The molecule has 1 amide bonds. The number of rotatable bonds is 2. The first-order chi connectivity index (χ1) is 7.24. The van der Waals surface area contributed by atoms with Crippen LogP contribution in [0.5, 0.6) is 0 Å². The minimum absolute atomic E-state index is 0.470. The van der Waals surface area contributed by atoms with Gasteiger partial charge in [-0.1, -0.05) is 24.3 Å². The summed E-state index contributed by atoms with van der Waals surface area (Å²) in [6.45, 7) is 0.470. The van der Waals surface area contributed by atoms with Crippen molar-refractivity contribution in [1.29, 1.82) is 0 Å². The smallest absolute Gasteiger partial charge is 0.331 e. The lowest BCUT2D eigenvalue weighted by Crippen LogP contribution is -2.38. The van der Waals surface area contributed by atoms with Crippen LogP contribution < -0.4 is 0 Å². The zero-order chi connectivity index (χ0) is 10.8. The van der Waals surface area contributed by atoms with Crippen molar-refractivity contribution in [3.63, 3.8) is 0 Å². The fourth-order valence-electron chi connectivity index (χ4n) is 1.97. The van der Waals surface area contributed by atoms with Crippen molar-refractivity contribution in [1.82, 2.24) is 4.90 Å². The van der Waals surface area contributed by atoms with Crippen molar-refractivity contribution < 1.29 is 14.7 Å². The summed E-state index contributed by atoms with van der Waals surface area (Å²) in [5.41, 5.74) is 1.74. The first kappa shape index (κ1) is 9.71. The number of benzene rings is 1. The number of carboxylic acids is 1. The zero-order valence-corrected chi connectivity index (χ0v) is 8.09. The summed E-state index contributed by atoms with van der Waals surface area (Å²) in [5, 5.41) is 9.09. The molecule has 1 aromatic carbocycles. The van der Waals surface area contributed by atoms with Gasteiger partial charge >= 0.3 is 5.97 Å². The van der Waals surface area contributed by atoms with E-state index in [2.05, 4.69) is 0 Å². The molecule has 0 radical (unpaired) electrons. The van der Waals surface area contributed by atoms with E-state index in [4.69, 9.17) is 5.11 Å². The number of hydrogen-bond acceptors (Lipinski definition) is 2. The second-order valence-electron chi connectivity index (χ2n) is 3.53. The summed E-state index contributed by atoms with van der Waals surface area (Å²) in [6.07, 6.45) is 1.33. The third-order valence-corrected chi connectivity index (χ3v) is 2.69. The van der Waals surface area contributed by atoms with E-state index in [-0.39, 0.29) is 0 Å². The van der Waals surface area contributed by atoms with Gasteiger partial charge in [-0.15, -0.1) is 0 Å². The van der Waals surface area contributed by atoms with Gasteiger partial charge in [0.25, 0.3) is 0 Å². The molecule has 1 aliphatic rings. The van der Waals surface area contributed by atoms with Crippen molar-refractivity contribution in [3.8, 4) is 0 Å². The molecule has 4 heteroatoms. The molecule has 1 heterocycles. The monoisotopic (exact) mass is 205 g/mol. The highest BCUT2D eigenvalue weighted by molar-refractivity contribution is 5.79. The average molecular weight is 205 g/mol. The highest BCUT2D eigenvalue weighted by atomic mass is 16.4. The van der Waals surface area contributed by atoms with E-state index < -0.39 is 12.0 Å². The number of hydrogen-bond donors (Lipinski definition) is 1. The van der Waals surface area contributed by atoms with Crippen LogP contribution in [0.1, 0.15) is 17.2 Å². The molecule has 1 aliphatic heterocycles. The Balaban J connectivity index is 2.47. The molecule has 1 aromatic rings. The van der Waals surface area contributed by atoms with E-state index in [0.717, 1.165) is 17.5 Å². The average Bonchev–Trinajstić information content (AvgIpc) is 2.27. The molecule has 0 aromatic heterocycles. The third-order valence-electron chi connectivity index (χ3n) is 2.69. The van der Waals surface area contributed by atoms with Gasteiger partial charge in [-0.3, -0.25) is 4.79 Å². The second-order valence-corrected chi connectivity index (χ2v) is 3.53. The normalized spacial score (nSPS) is 19.5. The van der Waals surface area contributed by atoms with Gasteiger partial charge in [-0.2, -0.15) is 0 Å². The van der Waals surface area contributed by atoms with E-state index in [9.17, 15) is 9.59 Å². The fourth-order valence-corrected chi connectivity index (χ4v) is 1.97. The van der Waals surface area contributed by atoms with Crippen LogP contribution in [0.25, 0.3) is 0 Å². The Morgan fingerprint density at radius 2 is 2.20 bits per heavy atom. The van der Waals surface area contributed by atoms with Gasteiger partial charge in [0.05, 0.1) is 0 Å². The number of aliphatic carboxylic acids is 1. The van der Waals surface area contributed by atoms with Gasteiger partial charge in [-0.25, -0.2) is 4.79 Å². The van der Waals surface area contributed by atoms with Crippen LogP contribution in [-0.2, 0) is 16.0 Å². The summed E-state index contributed by atoms with van der Waals surface area (Å²) in [6, 6.07) is 6.53. The molecule has 0 spiro atoms. The molecule has 15 heavy (non-hydrogen) atoms. The van der Waals surface area contributed by atoms with Crippen LogP contribution >= 0.6 is 0 Å². The van der Waals surface area contributed by atoms with E-state index in [1.807, 2.05) is 12.1 Å². The van der Waals surface area contributed by atoms with Gasteiger partial charge in [0.15, 0.2) is 6.04 Å². The van der Waals surface area contributed by atoms with Crippen molar-refractivity contribution >= 4 is 12.4 Å². The number of amides is 1. The maximum atomic E-state index is 11.1. The number of fused-ring (bicyclic) bond motifs is 1. The predicted octanol–water partition coefficient (Wildman–Crippen LogP) is 0.827. The minimum atomic E-state index is -0.978. The summed E-state index contributed by atoms with van der Waals surface area (Å²) in [5.74, 6) is -0.978. The molecule has 1 unspecified atom stereocenters. The number of carboxylic acid groups (broad SMARTS) is 1. The highest BCUT2D eigenvalue weighted by Gasteiger charge is 2.31. The molecule has 78 valence electrons. The zero-order valence-electron chi connectivity index (χ0n) is 8.09. The topological polar surface area (TPSA) is 57.6 Å². The largest absolute Gasteiger partial charge is 0.479 e. The summed E-state index contributed by atoms with van der Waals surface area (Å²) in [4.78, 5) is 23.2. The van der Waals surface area contributed by atoms with Crippen molar-refractivity contribution in [2.45, 2.75) is 12.5 Å². The van der Waals surface area contributed by atoms with Crippen LogP contribution in [0.3, 0.4) is 0 Å². The minimum Gasteiger partial charge on any atom is -0.479 e. The molecule has 0 aliphatic carbocycles. The fraction of sp³-hybridized carbons (Fsp3) is 0.273. The van der Waals surface area contributed by atoms with Crippen molar-refractivity contribution in [2.75, 3.05) is 6.54 Å². The standard InChI is InChI=1S/C11H11NO3/c13-7-12-6-5-8-3-1-2-4-9(8)10(12)11(14)15/h1-4,7,10H,5-6H2,(H,14,15). The Labute approximate surface area is 87.1 Å². The Morgan fingerprint density at radius 3 is 2.87 bits per heavy atom. The number of nitrogens with zero attached hydrogens (tertiary/aromatic N) is 1. The maximum absolute atomic E-state index is 11.1. The molecular weight excluding hydrogens is 194 g/mol. The Hall–Kier alpha value is -1.84. The lowest BCUT2D eigenvalue weighted by Gasteiger charge is -2.31. The van der Waals surface area contributed by atoms with E-state index in [1.54, 1.807) is 12.1 Å². The maximum Gasteiger partial charge on any atom is 0.331 e. The molecule has 4 nitrogen and oxygen atoms in total. The van der Waals surface area contributed by atoms with Crippen LogP contribution in [0.15, 0.2) is 24.3 Å². The van der Waals surface area contributed by atoms with Crippen LogP contribution in [0.4, 0.5) is 0 Å². The molecule has 2 rings (SSSR count). The number of carbonyl (C=O) groups is 2. The molecule has 1 N–H and O–H groups in total. The molecule has 0 bridgehead atoms. The molecular formula is C11H11NO3. The molecule has 0 saturated heterocycles. The predicted molar refractivity (Wildman–Crippen MR) is 53.3 cm³/mol. The lowest BCUT2D eigenvalue weighted by atomic mass is 9.93. The first-order valence-electron chi connectivity index (χ1n) is 4.75. The van der Waals surface area contributed by atoms with Crippen LogP contribution in [-0.4, -0.2) is 28.9 Å². The van der Waals surface area contributed by atoms with Crippen molar-refractivity contribution in [2.24, 2.45) is 0 Å². The Bertz CT molecular complexity index is 403. The van der Waals surface area contributed by atoms with Crippen LogP contribution in [0, 0.1) is 0 Å². The van der Waals surface area contributed by atoms with Crippen molar-refractivity contribution in [3.05, 3.63) is 35.4 Å². The summed E-state index contributed by atoms with van der Waals surface area (Å²) < 4.78 is 0. The third kappa shape index (κ3) is 1.58. The van der Waals surface area contributed by atoms with E-state index in [0.29, 0.717) is 13.0 Å². The summed E-state index contributed by atoms with van der Waals surface area (Å²) >= 11 is 0. The first-order valence-corrected chi connectivity index (χ1v) is 4.75. The van der Waals surface area contributed by atoms with Crippen LogP contribution in [0.2, 0.25) is 0 Å². The highest BCUT2D eigenvalue weighted by Crippen LogP contribution is 2.28. The van der Waals surface area contributed by atoms with Gasteiger partial charge in [0, 0.05) is 6.54 Å². The second kappa shape index (κ2) is 3.73. The SMILES string of the molecule is O=CN1CCc2ccccc2C1C(=O)O. The quantitative estimate of drug-likeness (QED) is 0.727. The molecule has 0 saturated carbocycles. The van der Waals surface area contributed by atoms with E-state index in [1.165, 1.54) is 4.90 Å². The molecule has 1 atom stereocenters. The van der Waals surface area contributed by atoms with Gasteiger partial charge in [0.1, 0.15) is 0 Å². The van der Waals surface area contributed by atoms with Gasteiger partial charge in [-0.05, 0) is 17.5 Å². The van der Waals surface area contributed by atoms with E-state index >= 15 is 0 Å². The Morgan fingerprint density at radius 1 is 1.47 bits per heavy atom. The Kier molecular flexibility index (Phi) is 2.41. The van der Waals surface area contributed by atoms with Gasteiger partial charge in [0.2, 0.25) is 6.41 Å². The number of carbonyl (C=O) groups excluding carboxylic acids is 1.